The molecular weight excluding hydrogens is 429 g/mol. The number of nitrogens with zero attached hydrogens (tertiary/aromatic N) is 3. The van der Waals surface area contributed by atoms with Crippen LogP contribution in [0.15, 0.2) is 35.3 Å². The Labute approximate surface area is 167 Å². The van der Waals surface area contributed by atoms with Crippen LogP contribution in [-0.2, 0) is 11.3 Å². The topological polar surface area (TPSA) is 63.5 Å². The van der Waals surface area contributed by atoms with Crippen molar-refractivity contribution >= 4 is 29.9 Å². The van der Waals surface area contributed by atoms with Crippen molar-refractivity contribution < 1.29 is 4.74 Å². The van der Waals surface area contributed by atoms with E-state index in [2.05, 4.69) is 46.7 Å². The van der Waals surface area contributed by atoms with Crippen LogP contribution in [0.2, 0.25) is 0 Å². The number of ether oxygens (including phenoxy) is 1. The largest absolute Gasteiger partial charge is 0.383 e. The van der Waals surface area contributed by atoms with E-state index in [1.54, 1.807) is 7.11 Å². The van der Waals surface area contributed by atoms with Gasteiger partial charge in [0.05, 0.1) is 24.5 Å². The number of halogens is 1. The fraction of sp³-hybridized carbons (Fsp3) is 0.444. The molecule has 2 N–H and O–H groups in total. The maximum Gasteiger partial charge on any atom is 0.191 e. The zero-order valence-corrected chi connectivity index (χ0v) is 17.7. The Morgan fingerprint density at radius 3 is 2.56 bits per heavy atom. The van der Waals surface area contributed by atoms with Crippen molar-refractivity contribution in [2.45, 2.75) is 27.3 Å². The van der Waals surface area contributed by atoms with Gasteiger partial charge in [0.2, 0.25) is 0 Å². The van der Waals surface area contributed by atoms with Crippen LogP contribution in [0.4, 0.5) is 0 Å². The summed E-state index contributed by atoms with van der Waals surface area (Å²) in [5.74, 6) is 0.792. The number of para-hydroxylation sites is 1. The maximum absolute atomic E-state index is 5.07. The summed E-state index contributed by atoms with van der Waals surface area (Å²) in [5, 5.41) is 11.2. The number of rotatable bonds is 7. The second kappa shape index (κ2) is 11.1. The van der Waals surface area contributed by atoms with Crippen molar-refractivity contribution in [1.29, 1.82) is 0 Å². The van der Waals surface area contributed by atoms with Crippen molar-refractivity contribution in [3.8, 4) is 5.69 Å². The van der Waals surface area contributed by atoms with Gasteiger partial charge in [-0.1, -0.05) is 18.2 Å². The summed E-state index contributed by atoms with van der Waals surface area (Å²) in [5.41, 5.74) is 4.35. The van der Waals surface area contributed by atoms with E-state index in [9.17, 15) is 0 Å². The molecule has 1 aromatic carbocycles. The Kier molecular flexibility index (Phi) is 9.51. The standard InChI is InChI=1S/C18H27N5O.HI/c1-5-19-18(20-11-12-24-4)21-13-17-14(2)22-23(15(17)3)16-9-7-6-8-10-16;/h6-10H,5,11-13H2,1-4H3,(H2,19,20,21);1H. The molecule has 6 nitrogen and oxygen atoms in total. The molecule has 0 amide bonds. The van der Waals surface area contributed by atoms with Crippen LogP contribution in [0, 0.1) is 13.8 Å². The highest BCUT2D eigenvalue weighted by Crippen LogP contribution is 2.18. The van der Waals surface area contributed by atoms with Crippen LogP contribution >= 0.6 is 24.0 Å². The first-order valence-corrected chi connectivity index (χ1v) is 8.29. The molecule has 0 fully saturated rings. The highest BCUT2D eigenvalue weighted by molar-refractivity contribution is 14.0. The fourth-order valence-electron chi connectivity index (χ4n) is 2.50. The van der Waals surface area contributed by atoms with Crippen molar-refractivity contribution in [2.75, 3.05) is 26.8 Å². The average molecular weight is 457 g/mol. The first kappa shape index (κ1) is 21.4. The van der Waals surface area contributed by atoms with Crippen molar-refractivity contribution in [1.82, 2.24) is 20.4 Å². The smallest absolute Gasteiger partial charge is 0.191 e. The second-order valence-corrected chi connectivity index (χ2v) is 5.51. The quantitative estimate of drug-likeness (QED) is 0.291. The molecule has 0 spiro atoms. The van der Waals surface area contributed by atoms with Crippen LogP contribution in [0.1, 0.15) is 23.9 Å². The van der Waals surface area contributed by atoms with Gasteiger partial charge < -0.3 is 15.4 Å². The number of methoxy groups -OCH3 is 1. The van der Waals surface area contributed by atoms with Crippen LogP contribution in [0.3, 0.4) is 0 Å². The maximum atomic E-state index is 5.07. The Morgan fingerprint density at radius 1 is 1.20 bits per heavy atom. The number of nitrogens with one attached hydrogen (secondary N) is 2. The Bertz CT molecular complexity index is 670. The minimum absolute atomic E-state index is 0. The molecule has 138 valence electrons. The molecule has 0 saturated carbocycles. The number of aromatic nitrogens is 2. The van der Waals surface area contributed by atoms with Gasteiger partial charge in [-0.15, -0.1) is 24.0 Å². The van der Waals surface area contributed by atoms with E-state index in [-0.39, 0.29) is 24.0 Å². The van der Waals surface area contributed by atoms with Gasteiger partial charge in [0, 0.05) is 31.5 Å². The molecule has 7 heteroatoms. The van der Waals surface area contributed by atoms with E-state index < -0.39 is 0 Å². The van der Waals surface area contributed by atoms with Gasteiger partial charge in [-0.25, -0.2) is 9.67 Å². The van der Waals surface area contributed by atoms with Crippen molar-refractivity contribution in [2.24, 2.45) is 4.99 Å². The third-order valence-corrected chi connectivity index (χ3v) is 3.78. The van der Waals surface area contributed by atoms with E-state index >= 15 is 0 Å². The Morgan fingerprint density at radius 2 is 1.92 bits per heavy atom. The van der Waals surface area contributed by atoms with Gasteiger partial charge in [0.25, 0.3) is 0 Å². The molecule has 0 radical (unpaired) electrons. The van der Waals surface area contributed by atoms with Gasteiger partial charge in [-0.05, 0) is 32.9 Å². The average Bonchev–Trinajstić information content (AvgIpc) is 2.88. The SMILES string of the molecule is CCNC(=NCc1c(C)nn(-c2ccccc2)c1C)NCCOC.I. The number of benzene rings is 1. The number of hydrogen-bond acceptors (Lipinski definition) is 3. The number of guanidine groups is 1. The summed E-state index contributed by atoms with van der Waals surface area (Å²) in [6, 6.07) is 10.2. The number of hydrogen-bond donors (Lipinski definition) is 2. The molecule has 0 atom stereocenters. The minimum atomic E-state index is 0. The van der Waals surface area contributed by atoms with Gasteiger partial charge in [-0.3, -0.25) is 0 Å². The highest BCUT2D eigenvalue weighted by Gasteiger charge is 2.12. The molecule has 1 heterocycles. The van der Waals surface area contributed by atoms with E-state index in [1.165, 1.54) is 0 Å². The van der Waals surface area contributed by atoms with Crippen molar-refractivity contribution in [3.05, 3.63) is 47.3 Å². The summed E-state index contributed by atoms with van der Waals surface area (Å²) in [6.07, 6.45) is 0. The van der Waals surface area contributed by atoms with E-state index in [1.807, 2.05) is 29.8 Å². The first-order valence-electron chi connectivity index (χ1n) is 8.29. The zero-order chi connectivity index (χ0) is 17.4. The lowest BCUT2D eigenvalue weighted by atomic mass is 10.2. The normalized spacial score (nSPS) is 11.1. The lowest BCUT2D eigenvalue weighted by Crippen LogP contribution is -2.38. The fourth-order valence-corrected chi connectivity index (χ4v) is 2.50. The monoisotopic (exact) mass is 457 g/mol. The van der Waals surface area contributed by atoms with E-state index in [0.717, 1.165) is 41.7 Å². The summed E-state index contributed by atoms with van der Waals surface area (Å²) in [6.45, 7) is 8.95. The summed E-state index contributed by atoms with van der Waals surface area (Å²) in [4.78, 5) is 4.67. The summed E-state index contributed by atoms with van der Waals surface area (Å²) in [7, 11) is 1.69. The van der Waals surface area contributed by atoms with Gasteiger partial charge in [0.1, 0.15) is 0 Å². The van der Waals surface area contributed by atoms with Gasteiger partial charge >= 0.3 is 0 Å². The Hall–Kier alpha value is -1.61. The second-order valence-electron chi connectivity index (χ2n) is 5.51. The van der Waals surface area contributed by atoms with Gasteiger partial charge in [-0.2, -0.15) is 5.10 Å². The molecule has 0 bridgehead atoms. The minimum Gasteiger partial charge on any atom is -0.383 e. The lowest BCUT2D eigenvalue weighted by Gasteiger charge is -2.11. The summed E-state index contributed by atoms with van der Waals surface area (Å²) >= 11 is 0. The predicted molar refractivity (Wildman–Crippen MR) is 113 cm³/mol. The van der Waals surface area contributed by atoms with Crippen LogP contribution in [0.5, 0.6) is 0 Å². The number of aryl methyl sites for hydroxylation is 1. The third kappa shape index (κ3) is 6.00. The highest BCUT2D eigenvalue weighted by atomic mass is 127. The lowest BCUT2D eigenvalue weighted by molar-refractivity contribution is 0.203. The van der Waals surface area contributed by atoms with Crippen LogP contribution in [-0.4, -0.2) is 42.5 Å². The molecular formula is C18H28IN5O. The molecule has 0 saturated heterocycles. The zero-order valence-electron chi connectivity index (χ0n) is 15.4. The van der Waals surface area contributed by atoms with Crippen molar-refractivity contribution in [3.63, 3.8) is 0 Å². The molecule has 2 aromatic rings. The summed E-state index contributed by atoms with van der Waals surface area (Å²) < 4.78 is 7.04. The third-order valence-electron chi connectivity index (χ3n) is 3.78. The predicted octanol–water partition coefficient (Wildman–Crippen LogP) is 2.81. The van der Waals surface area contributed by atoms with Crippen LogP contribution < -0.4 is 10.6 Å². The number of aliphatic imine (C=N–C) groups is 1. The van der Waals surface area contributed by atoms with E-state index in [0.29, 0.717) is 13.2 Å². The van der Waals surface area contributed by atoms with Crippen LogP contribution in [0.25, 0.3) is 5.69 Å². The molecule has 25 heavy (non-hydrogen) atoms. The molecule has 0 aliphatic heterocycles. The molecule has 0 unspecified atom stereocenters. The molecule has 2 rings (SSSR count). The van der Waals surface area contributed by atoms with Gasteiger partial charge in [0.15, 0.2) is 5.96 Å². The first-order chi connectivity index (χ1) is 11.7. The Balaban J connectivity index is 0.00000312. The molecule has 1 aromatic heterocycles. The molecule has 0 aliphatic carbocycles. The molecule has 0 aliphatic rings. The van der Waals surface area contributed by atoms with E-state index in [4.69, 9.17) is 4.74 Å².